The topological polar surface area (TPSA) is 98.2 Å². The number of thiazole rings is 1. The molecule has 1 fully saturated rings. The predicted octanol–water partition coefficient (Wildman–Crippen LogP) is 4.70. The summed E-state index contributed by atoms with van der Waals surface area (Å²) in [6.07, 6.45) is 0. The monoisotopic (exact) mass is 500 g/mol. The summed E-state index contributed by atoms with van der Waals surface area (Å²) < 4.78 is 17.3. The van der Waals surface area contributed by atoms with E-state index in [9.17, 15) is 14.7 Å². The van der Waals surface area contributed by atoms with Crippen molar-refractivity contribution in [3.05, 3.63) is 83.4 Å². The molecule has 1 N–H and O–H groups in total. The van der Waals surface area contributed by atoms with Crippen molar-refractivity contribution in [1.82, 2.24) is 4.98 Å². The van der Waals surface area contributed by atoms with Crippen LogP contribution in [-0.2, 0) is 9.59 Å². The van der Waals surface area contributed by atoms with Crippen LogP contribution >= 0.6 is 11.3 Å². The highest BCUT2D eigenvalue weighted by molar-refractivity contribution is 7.22. The first kappa shape index (κ1) is 22.1. The van der Waals surface area contributed by atoms with Crippen LogP contribution in [0.2, 0.25) is 0 Å². The molecule has 3 heterocycles. The lowest BCUT2D eigenvalue weighted by Crippen LogP contribution is -2.29. The molecule has 1 aromatic heterocycles. The van der Waals surface area contributed by atoms with Crippen LogP contribution in [0.3, 0.4) is 0 Å². The van der Waals surface area contributed by atoms with E-state index in [1.165, 1.54) is 16.2 Å². The van der Waals surface area contributed by atoms with Gasteiger partial charge in [0.2, 0.25) is 0 Å². The molecule has 4 aromatic rings. The van der Waals surface area contributed by atoms with Gasteiger partial charge in [-0.2, -0.15) is 0 Å². The lowest BCUT2D eigenvalue weighted by Gasteiger charge is -2.23. The number of carbonyl (C=O) groups is 2. The third-order valence-corrected chi connectivity index (χ3v) is 7.18. The molecular weight excluding hydrogens is 480 g/mol. The highest BCUT2D eigenvalue weighted by atomic mass is 32.1. The van der Waals surface area contributed by atoms with Crippen molar-refractivity contribution in [2.75, 3.05) is 25.2 Å². The first-order valence-electron chi connectivity index (χ1n) is 11.3. The van der Waals surface area contributed by atoms with Crippen LogP contribution in [0.15, 0.2) is 72.3 Å². The number of Topliss-reactive ketones (excluding diaryl/α,β-unsaturated/α-hetero) is 1. The summed E-state index contributed by atoms with van der Waals surface area (Å²) >= 11 is 1.28. The number of methoxy groups -OCH3 is 1. The second kappa shape index (κ2) is 8.69. The molecule has 180 valence electrons. The van der Waals surface area contributed by atoms with Gasteiger partial charge in [0.1, 0.15) is 24.7 Å². The number of nitrogens with zero attached hydrogens (tertiary/aromatic N) is 2. The average Bonchev–Trinajstić information content (AvgIpc) is 3.46. The van der Waals surface area contributed by atoms with Gasteiger partial charge in [0.25, 0.3) is 5.78 Å². The van der Waals surface area contributed by atoms with Crippen molar-refractivity contribution in [3.8, 4) is 17.2 Å². The zero-order chi connectivity index (χ0) is 24.8. The van der Waals surface area contributed by atoms with E-state index in [2.05, 4.69) is 4.98 Å². The summed E-state index contributed by atoms with van der Waals surface area (Å²) in [5.74, 6) is -0.136. The number of hydrogen-bond donors (Lipinski definition) is 1. The molecule has 0 saturated carbocycles. The van der Waals surface area contributed by atoms with Crippen LogP contribution in [-0.4, -0.2) is 42.1 Å². The van der Waals surface area contributed by atoms with Gasteiger partial charge in [-0.05, 0) is 42.0 Å². The summed E-state index contributed by atoms with van der Waals surface area (Å²) in [6, 6.07) is 18.6. The third kappa shape index (κ3) is 3.56. The van der Waals surface area contributed by atoms with E-state index in [-0.39, 0.29) is 11.3 Å². The van der Waals surface area contributed by atoms with E-state index in [0.29, 0.717) is 52.2 Å². The molecule has 6 rings (SSSR count). The van der Waals surface area contributed by atoms with Gasteiger partial charge >= 0.3 is 5.91 Å². The number of aliphatic hydroxyl groups excluding tert-OH is 1. The number of carbonyl (C=O) groups excluding carboxylic acids is 2. The summed E-state index contributed by atoms with van der Waals surface area (Å²) in [4.78, 5) is 32.8. The smallest absolute Gasteiger partial charge is 0.301 e. The highest BCUT2D eigenvalue weighted by Crippen LogP contribution is 2.45. The number of ether oxygens (including phenoxy) is 3. The number of aromatic nitrogens is 1. The van der Waals surface area contributed by atoms with Gasteiger partial charge in [-0.25, -0.2) is 4.98 Å². The molecule has 1 saturated heterocycles. The Morgan fingerprint density at radius 2 is 1.81 bits per heavy atom. The minimum absolute atomic E-state index is 0.0142. The molecule has 0 radical (unpaired) electrons. The SMILES string of the molecule is COc1ccc2nc(N3C(=O)C(=O)C(=C(O)c4ccc5c(c4)OCCO5)C3c3ccccc3)sc2c1. The number of benzene rings is 3. The van der Waals surface area contributed by atoms with Gasteiger partial charge in [0, 0.05) is 5.56 Å². The van der Waals surface area contributed by atoms with E-state index in [1.54, 1.807) is 37.4 Å². The first-order chi connectivity index (χ1) is 17.5. The number of rotatable bonds is 4. The molecule has 36 heavy (non-hydrogen) atoms. The molecule has 1 atom stereocenters. The molecule has 3 aromatic carbocycles. The minimum Gasteiger partial charge on any atom is -0.507 e. The Balaban J connectivity index is 1.52. The van der Waals surface area contributed by atoms with Crippen LogP contribution in [0, 0.1) is 0 Å². The maximum absolute atomic E-state index is 13.4. The second-order valence-electron chi connectivity index (χ2n) is 8.27. The van der Waals surface area contributed by atoms with Gasteiger partial charge < -0.3 is 19.3 Å². The zero-order valence-electron chi connectivity index (χ0n) is 19.1. The van der Waals surface area contributed by atoms with Gasteiger partial charge in [-0.15, -0.1) is 0 Å². The molecule has 8 nitrogen and oxygen atoms in total. The summed E-state index contributed by atoms with van der Waals surface area (Å²) in [6.45, 7) is 0.819. The van der Waals surface area contributed by atoms with Crippen LogP contribution < -0.4 is 19.1 Å². The summed E-state index contributed by atoms with van der Waals surface area (Å²) in [7, 11) is 1.58. The van der Waals surface area contributed by atoms with E-state index in [4.69, 9.17) is 14.2 Å². The van der Waals surface area contributed by atoms with Gasteiger partial charge in [0.05, 0.1) is 28.9 Å². The van der Waals surface area contributed by atoms with E-state index >= 15 is 0 Å². The maximum atomic E-state index is 13.4. The molecule has 9 heteroatoms. The fourth-order valence-corrected chi connectivity index (χ4v) is 5.47. The molecular formula is C27H20N2O6S. The normalized spacial score (nSPS) is 18.6. The van der Waals surface area contributed by atoms with Gasteiger partial charge in [-0.1, -0.05) is 41.7 Å². The number of fused-ring (bicyclic) bond motifs is 2. The number of amides is 1. The van der Waals surface area contributed by atoms with E-state index in [0.717, 1.165) is 4.70 Å². The standard InChI is InChI=1S/C27H20N2O6S/c1-33-17-8-9-18-21(14-17)36-27(28-18)29-23(15-5-3-2-4-6-15)22(25(31)26(29)32)24(30)16-7-10-19-20(13-16)35-12-11-34-19/h2-10,13-14,23,30H,11-12H2,1H3. The molecule has 0 spiro atoms. The van der Waals surface area contributed by atoms with Crippen LogP contribution in [0.4, 0.5) is 5.13 Å². The van der Waals surface area contributed by atoms with Crippen molar-refractivity contribution in [2.24, 2.45) is 0 Å². The number of aliphatic hydroxyl groups is 1. The third-order valence-electron chi connectivity index (χ3n) is 6.17. The lowest BCUT2D eigenvalue weighted by atomic mass is 9.95. The fourth-order valence-electron chi connectivity index (χ4n) is 4.45. The van der Waals surface area contributed by atoms with E-state index in [1.807, 2.05) is 36.4 Å². The summed E-state index contributed by atoms with van der Waals surface area (Å²) in [5.41, 5.74) is 1.69. The Bertz CT molecular complexity index is 1540. The number of ketones is 1. The largest absolute Gasteiger partial charge is 0.507 e. The molecule has 0 aliphatic carbocycles. The molecule has 1 unspecified atom stereocenters. The molecule has 2 aliphatic rings. The molecule has 1 amide bonds. The van der Waals surface area contributed by atoms with Crippen molar-refractivity contribution < 1.29 is 28.9 Å². The Labute approximate surface area is 210 Å². The van der Waals surface area contributed by atoms with Crippen molar-refractivity contribution in [2.45, 2.75) is 6.04 Å². The Hall–Kier alpha value is -4.37. The summed E-state index contributed by atoms with van der Waals surface area (Å²) in [5, 5.41) is 11.7. The second-order valence-corrected chi connectivity index (χ2v) is 9.28. The van der Waals surface area contributed by atoms with E-state index < -0.39 is 17.7 Å². The van der Waals surface area contributed by atoms with Crippen molar-refractivity contribution >= 4 is 44.1 Å². The minimum atomic E-state index is -0.859. The fraction of sp³-hybridized carbons (Fsp3) is 0.148. The van der Waals surface area contributed by atoms with Gasteiger partial charge in [0.15, 0.2) is 16.6 Å². The van der Waals surface area contributed by atoms with Crippen LogP contribution in [0.1, 0.15) is 17.2 Å². The van der Waals surface area contributed by atoms with Crippen LogP contribution in [0.5, 0.6) is 17.2 Å². The zero-order valence-corrected chi connectivity index (χ0v) is 20.0. The Kier molecular flexibility index (Phi) is 5.34. The number of anilines is 1. The number of hydrogen-bond acceptors (Lipinski definition) is 8. The predicted molar refractivity (Wildman–Crippen MR) is 135 cm³/mol. The van der Waals surface area contributed by atoms with Crippen molar-refractivity contribution in [1.29, 1.82) is 0 Å². The molecule has 0 bridgehead atoms. The van der Waals surface area contributed by atoms with Crippen molar-refractivity contribution in [3.63, 3.8) is 0 Å². The van der Waals surface area contributed by atoms with Crippen LogP contribution in [0.25, 0.3) is 16.0 Å². The Morgan fingerprint density at radius 3 is 2.58 bits per heavy atom. The maximum Gasteiger partial charge on any atom is 0.301 e. The highest BCUT2D eigenvalue weighted by Gasteiger charge is 2.48. The average molecular weight is 501 g/mol. The lowest BCUT2D eigenvalue weighted by molar-refractivity contribution is -0.132. The Morgan fingerprint density at radius 1 is 1.03 bits per heavy atom. The van der Waals surface area contributed by atoms with Gasteiger partial charge in [-0.3, -0.25) is 14.5 Å². The molecule has 2 aliphatic heterocycles. The first-order valence-corrected chi connectivity index (χ1v) is 12.1. The quantitative estimate of drug-likeness (QED) is 0.246.